The van der Waals surface area contributed by atoms with Crippen LogP contribution in [0.2, 0.25) is 0 Å². The molecule has 1 aliphatic heterocycles. The Morgan fingerprint density at radius 1 is 1.40 bits per heavy atom. The van der Waals surface area contributed by atoms with Gasteiger partial charge in [0.25, 0.3) is 0 Å². The number of benzene rings is 1. The molecule has 0 bridgehead atoms. The van der Waals surface area contributed by atoms with Crippen LogP contribution in [0, 0.1) is 0 Å². The first-order valence-corrected chi connectivity index (χ1v) is 8.93. The first kappa shape index (κ1) is 15.8. The summed E-state index contributed by atoms with van der Waals surface area (Å²) in [6, 6.07) is 4.73. The first-order valence-electron chi connectivity index (χ1n) is 6.65. The fourth-order valence-corrected chi connectivity index (χ4v) is 4.24. The van der Waals surface area contributed by atoms with Crippen molar-refractivity contribution in [3.8, 4) is 0 Å². The molecule has 5 nitrogen and oxygen atoms in total. The van der Waals surface area contributed by atoms with E-state index >= 15 is 0 Å². The van der Waals surface area contributed by atoms with Crippen LogP contribution in [0.15, 0.2) is 27.6 Å². The minimum absolute atomic E-state index is 0.163. The molecule has 0 aromatic heterocycles. The van der Waals surface area contributed by atoms with Crippen LogP contribution in [0.5, 0.6) is 0 Å². The highest BCUT2D eigenvalue weighted by Gasteiger charge is 2.19. The van der Waals surface area contributed by atoms with Crippen molar-refractivity contribution in [1.29, 1.82) is 0 Å². The zero-order valence-corrected chi connectivity index (χ0v) is 13.5. The second-order valence-electron chi connectivity index (χ2n) is 4.86. The SMILES string of the molecule is Nc1ccc(Br)c(S(=O)(=O)NCCC2CCCCO2)c1. The van der Waals surface area contributed by atoms with Gasteiger partial charge in [0.2, 0.25) is 10.0 Å². The summed E-state index contributed by atoms with van der Waals surface area (Å²) in [5.41, 5.74) is 6.06. The molecule has 7 heteroatoms. The topological polar surface area (TPSA) is 81.4 Å². The Balaban J connectivity index is 1.95. The number of nitrogens with two attached hydrogens (primary N) is 1. The van der Waals surface area contributed by atoms with E-state index in [0.717, 1.165) is 25.9 Å². The Kier molecular flexibility index (Phi) is 5.42. The highest BCUT2D eigenvalue weighted by atomic mass is 79.9. The van der Waals surface area contributed by atoms with Crippen LogP contribution >= 0.6 is 15.9 Å². The maximum atomic E-state index is 12.2. The van der Waals surface area contributed by atoms with E-state index in [1.54, 1.807) is 12.1 Å². The van der Waals surface area contributed by atoms with E-state index in [0.29, 0.717) is 23.1 Å². The summed E-state index contributed by atoms with van der Waals surface area (Å²) in [6.45, 7) is 1.15. The molecule has 1 atom stereocenters. The molecule has 1 aromatic carbocycles. The van der Waals surface area contributed by atoms with Crippen LogP contribution in [0.25, 0.3) is 0 Å². The van der Waals surface area contributed by atoms with Crippen molar-refractivity contribution >= 4 is 31.6 Å². The Morgan fingerprint density at radius 3 is 2.90 bits per heavy atom. The lowest BCUT2D eigenvalue weighted by atomic mass is 10.1. The number of halogens is 1. The summed E-state index contributed by atoms with van der Waals surface area (Å²) in [4.78, 5) is 0.169. The third kappa shape index (κ3) is 4.18. The summed E-state index contributed by atoms with van der Waals surface area (Å²) < 4.78 is 33.1. The number of nitrogens with one attached hydrogen (secondary N) is 1. The van der Waals surface area contributed by atoms with Gasteiger partial charge in [0.1, 0.15) is 0 Å². The van der Waals surface area contributed by atoms with Gasteiger partial charge in [0.05, 0.1) is 11.0 Å². The van der Waals surface area contributed by atoms with Gasteiger partial charge in [0.15, 0.2) is 0 Å². The Labute approximate surface area is 128 Å². The summed E-state index contributed by atoms with van der Waals surface area (Å²) in [5, 5.41) is 0. The van der Waals surface area contributed by atoms with Gasteiger partial charge in [-0.15, -0.1) is 0 Å². The second-order valence-corrected chi connectivity index (χ2v) is 7.45. The van der Waals surface area contributed by atoms with E-state index < -0.39 is 10.0 Å². The molecule has 1 aliphatic rings. The number of hydrogen-bond donors (Lipinski definition) is 2. The van der Waals surface area contributed by atoms with Crippen molar-refractivity contribution in [2.75, 3.05) is 18.9 Å². The van der Waals surface area contributed by atoms with Crippen molar-refractivity contribution in [3.05, 3.63) is 22.7 Å². The molecular weight excluding hydrogens is 344 g/mol. The van der Waals surface area contributed by atoms with Crippen molar-refractivity contribution in [2.45, 2.75) is 36.7 Å². The van der Waals surface area contributed by atoms with Gasteiger partial charge in [-0.2, -0.15) is 0 Å². The zero-order chi connectivity index (χ0) is 14.6. The Morgan fingerprint density at radius 2 is 2.20 bits per heavy atom. The standard InChI is InChI=1S/C13H19BrN2O3S/c14-12-5-4-10(15)9-13(12)20(17,18)16-7-6-11-3-1-2-8-19-11/h4-5,9,11,16H,1-3,6-8,15H2. The van der Waals surface area contributed by atoms with E-state index in [1.807, 2.05) is 0 Å². The van der Waals surface area contributed by atoms with Gasteiger partial charge >= 0.3 is 0 Å². The minimum atomic E-state index is -3.55. The van der Waals surface area contributed by atoms with Crippen LogP contribution in [0.4, 0.5) is 5.69 Å². The highest BCUT2D eigenvalue weighted by molar-refractivity contribution is 9.10. The molecule has 0 saturated carbocycles. The van der Waals surface area contributed by atoms with Crippen LogP contribution < -0.4 is 10.5 Å². The molecule has 1 saturated heterocycles. The van der Waals surface area contributed by atoms with Gasteiger partial charge in [-0.05, 0) is 59.8 Å². The lowest BCUT2D eigenvalue weighted by Gasteiger charge is -2.22. The Hall–Kier alpha value is -0.630. The molecule has 112 valence electrons. The molecule has 1 fully saturated rings. The average Bonchev–Trinajstić information content (AvgIpc) is 2.42. The van der Waals surface area contributed by atoms with Crippen LogP contribution in [-0.4, -0.2) is 27.7 Å². The normalized spacial score (nSPS) is 19.9. The molecule has 2 rings (SSSR count). The van der Waals surface area contributed by atoms with E-state index in [4.69, 9.17) is 10.5 Å². The number of ether oxygens (including phenoxy) is 1. The third-order valence-corrected chi connectivity index (χ3v) is 5.73. The van der Waals surface area contributed by atoms with Gasteiger partial charge < -0.3 is 10.5 Å². The van der Waals surface area contributed by atoms with Crippen molar-refractivity contribution in [3.63, 3.8) is 0 Å². The highest BCUT2D eigenvalue weighted by Crippen LogP contribution is 2.24. The summed E-state index contributed by atoms with van der Waals surface area (Å²) in [5.74, 6) is 0. The number of nitrogen functional groups attached to an aromatic ring is 1. The molecule has 0 radical (unpaired) electrons. The second kappa shape index (κ2) is 6.89. The zero-order valence-electron chi connectivity index (χ0n) is 11.1. The van der Waals surface area contributed by atoms with E-state index in [1.165, 1.54) is 6.07 Å². The fraction of sp³-hybridized carbons (Fsp3) is 0.538. The number of sulfonamides is 1. The number of hydrogen-bond acceptors (Lipinski definition) is 4. The number of anilines is 1. The van der Waals surface area contributed by atoms with Gasteiger partial charge in [0, 0.05) is 23.3 Å². The molecule has 1 aromatic rings. The first-order chi connectivity index (χ1) is 9.49. The van der Waals surface area contributed by atoms with Crippen LogP contribution in [0.1, 0.15) is 25.7 Å². The molecule has 1 heterocycles. The maximum Gasteiger partial charge on any atom is 0.241 e. The van der Waals surface area contributed by atoms with Gasteiger partial charge in [-0.3, -0.25) is 0 Å². The van der Waals surface area contributed by atoms with Crippen molar-refractivity contribution < 1.29 is 13.2 Å². The molecular formula is C13H19BrN2O3S. The summed E-state index contributed by atoms with van der Waals surface area (Å²) >= 11 is 3.24. The average molecular weight is 363 g/mol. The lowest BCUT2D eigenvalue weighted by molar-refractivity contribution is 0.0123. The fourth-order valence-electron chi connectivity index (χ4n) is 2.19. The number of rotatable bonds is 5. The molecule has 0 amide bonds. The van der Waals surface area contributed by atoms with Crippen LogP contribution in [-0.2, 0) is 14.8 Å². The predicted molar refractivity (Wildman–Crippen MR) is 82.0 cm³/mol. The Bertz CT molecular complexity index is 557. The molecule has 3 N–H and O–H groups in total. The van der Waals surface area contributed by atoms with E-state index in [-0.39, 0.29) is 11.0 Å². The van der Waals surface area contributed by atoms with Crippen molar-refractivity contribution in [1.82, 2.24) is 4.72 Å². The monoisotopic (exact) mass is 362 g/mol. The predicted octanol–water partition coefficient (Wildman–Crippen LogP) is 2.27. The summed E-state index contributed by atoms with van der Waals surface area (Å²) in [7, 11) is -3.55. The summed E-state index contributed by atoms with van der Waals surface area (Å²) in [6.07, 6.45) is 4.11. The minimum Gasteiger partial charge on any atom is -0.399 e. The smallest absolute Gasteiger partial charge is 0.241 e. The van der Waals surface area contributed by atoms with Gasteiger partial charge in [-0.25, -0.2) is 13.1 Å². The molecule has 20 heavy (non-hydrogen) atoms. The van der Waals surface area contributed by atoms with Crippen molar-refractivity contribution in [2.24, 2.45) is 0 Å². The molecule has 0 spiro atoms. The third-order valence-electron chi connectivity index (χ3n) is 3.28. The largest absolute Gasteiger partial charge is 0.399 e. The lowest BCUT2D eigenvalue weighted by Crippen LogP contribution is -2.29. The molecule has 0 aliphatic carbocycles. The quantitative estimate of drug-likeness (QED) is 0.787. The maximum absolute atomic E-state index is 12.2. The van der Waals surface area contributed by atoms with Crippen LogP contribution in [0.3, 0.4) is 0 Å². The van der Waals surface area contributed by atoms with E-state index in [9.17, 15) is 8.42 Å². The molecule has 1 unspecified atom stereocenters. The van der Waals surface area contributed by atoms with E-state index in [2.05, 4.69) is 20.7 Å². The van der Waals surface area contributed by atoms with Gasteiger partial charge in [-0.1, -0.05) is 0 Å².